The van der Waals surface area contributed by atoms with Crippen molar-refractivity contribution < 1.29 is 9.53 Å². The van der Waals surface area contributed by atoms with Gasteiger partial charge in [-0.2, -0.15) is 0 Å². The van der Waals surface area contributed by atoms with Gasteiger partial charge in [0.2, 0.25) is 5.91 Å². The Labute approximate surface area is 160 Å². The predicted octanol–water partition coefficient (Wildman–Crippen LogP) is 0.859. The number of hydrogen-bond donors (Lipinski definition) is 2. The fourth-order valence-electron chi connectivity index (χ4n) is 2.13. The van der Waals surface area contributed by atoms with Crippen molar-refractivity contribution in [1.82, 2.24) is 20.5 Å². The third-order valence-corrected chi connectivity index (χ3v) is 3.61. The van der Waals surface area contributed by atoms with Crippen LogP contribution in [0.5, 0.6) is 0 Å². The summed E-state index contributed by atoms with van der Waals surface area (Å²) in [6, 6.07) is 5.74. The van der Waals surface area contributed by atoms with Crippen LogP contribution in [0.4, 0.5) is 0 Å². The predicted molar refractivity (Wildman–Crippen MR) is 104 cm³/mol. The van der Waals surface area contributed by atoms with E-state index in [4.69, 9.17) is 4.74 Å². The molecule has 1 aromatic heterocycles. The molecule has 0 aliphatic carbocycles. The van der Waals surface area contributed by atoms with Crippen molar-refractivity contribution in [3.63, 3.8) is 0 Å². The van der Waals surface area contributed by atoms with Crippen molar-refractivity contribution in [3.8, 4) is 0 Å². The summed E-state index contributed by atoms with van der Waals surface area (Å²) in [6.45, 7) is 3.05. The van der Waals surface area contributed by atoms with Crippen molar-refractivity contribution in [2.75, 3.05) is 40.4 Å². The van der Waals surface area contributed by atoms with Gasteiger partial charge in [0.1, 0.15) is 0 Å². The maximum absolute atomic E-state index is 11.7. The van der Waals surface area contributed by atoms with E-state index in [1.807, 2.05) is 18.2 Å². The average Bonchev–Trinajstić information content (AvgIpc) is 3.08. The number of ether oxygens (including phenoxy) is 1. The number of hydrogen-bond acceptors (Lipinski definition) is 4. The second-order valence-electron chi connectivity index (χ2n) is 5.74. The molecule has 0 saturated carbocycles. The molecule has 7 nitrogen and oxygen atoms in total. The van der Waals surface area contributed by atoms with Crippen LogP contribution in [0.1, 0.15) is 12.1 Å². The SMILES string of the molecule is CN(C)C(=O)CNC(=NCc1ccccn1)NCC1CCOC1.I. The molecular formula is C16H26IN5O2. The first kappa shape index (κ1) is 20.6. The van der Waals surface area contributed by atoms with E-state index in [1.165, 1.54) is 0 Å². The molecule has 134 valence electrons. The Morgan fingerprint density at radius 2 is 2.25 bits per heavy atom. The normalized spacial score (nSPS) is 17.1. The molecule has 1 aliphatic heterocycles. The quantitative estimate of drug-likeness (QED) is 0.384. The van der Waals surface area contributed by atoms with Crippen molar-refractivity contribution in [3.05, 3.63) is 30.1 Å². The molecule has 1 aliphatic rings. The van der Waals surface area contributed by atoms with E-state index in [-0.39, 0.29) is 36.4 Å². The molecule has 1 atom stereocenters. The van der Waals surface area contributed by atoms with E-state index in [0.29, 0.717) is 18.4 Å². The standard InChI is InChI=1S/C16H25N5O2.HI/c1-21(2)15(22)11-20-16(18-9-13-6-8-23-12-13)19-10-14-5-3-4-7-17-14;/h3-5,7,13H,6,8-12H2,1-2H3,(H2,18,19,20);1H. The summed E-state index contributed by atoms with van der Waals surface area (Å²) < 4.78 is 5.38. The van der Waals surface area contributed by atoms with Gasteiger partial charge >= 0.3 is 0 Å². The average molecular weight is 447 g/mol. The Kier molecular flexibility index (Phi) is 9.62. The molecule has 1 unspecified atom stereocenters. The molecular weight excluding hydrogens is 421 g/mol. The van der Waals surface area contributed by atoms with E-state index < -0.39 is 0 Å². The van der Waals surface area contributed by atoms with Crippen LogP contribution in [0.25, 0.3) is 0 Å². The van der Waals surface area contributed by atoms with Crippen molar-refractivity contribution in [2.45, 2.75) is 13.0 Å². The van der Waals surface area contributed by atoms with Gasteiger partial charge in [-0.1, -0.05) is 6.07 Å². The van der Waals surface area contributed by atoms with E-state index >= 15 is 0 Å². The summed E-state index contributed by atoms with van der Waals surface area (Å²) in [4.78, 5) is 22.0. The number of nitrogens with one attached hydrogen (secondary N) is 2. The number of aromatic nitrogens is 1. The highest BCUT2D eigenvalue weighted by molar-refractivity contribution is 14.0. The van der Waals surface area contributed by atoms with Crippen LogP contribution in [0, 0.1) is 5.92 Å². The zero-order valence-electron chi connectivity index (χ0n) is 14.2. The lowest BCUT2D eigenvalue weighted by Gasteiger charge is -2.16. The number of carbonyl (C=O) groups is 1. The topological polar surface area (TPSA) is 78.9 Å². The van der Waals surface area contributed by atoms with Gasteiger partial charge in [0, 0.05) is 39.4 Å². The number of rotatable bonds is 6. The van der Waals surface area contributed by atoms with Crippen LogP contribution in [-0.4, -0.2) is 62.1 Å². The summed E-state index contributed by atoms with van der Waals surface area (Å²) in [5, 5.41) is 6.36. The molecule has 1 saturated heterocycles. The third kappa shape index (κ3) is 7.43. The minimum atomic E-state index is 0. The van der Waals surface area contributed by atoms with Gasteiger partial charge in [0.05, 0.1) is 25.4 Å². The molecule has 0 radical (unpaired) electrons. The minimum Gasteiger partial charge on any atom is -0.381 e. The van der Waals surface area contributed by atoms with Crippen LogP contribution in [-0.2, 0) is 16.1 Å². The number of guanidine groups is 1. The molecule has 24 heavy (non-hydrogen) atoms. The number of nitrogens with zero attached hydrogens (tertiary/aromatic N) is 3. The van der Waals surface area contributed by atoms with E-state index in [0.717, 1.165) is 31.9 Å². The van der Waals surface area contributed by atoms with Gasteiger partial charge in [0.15, 0.2) is 5.96 Å². The van der Waals surface area contributed by atoms with Crippen LogP contribution < -0.4 is 10.6 Å². The Bertz CT molecular complexity index is 518. The van der Waals surface area contributed by atoms with Crippen LogP contribution in [0.3, 0.4) is 0 Å². The Morgan fingerprint density at radius 3 is 2.88 bits per heavy atom. The molecule has 8 heteroatoms. The van der Waals surface area contributed by atoms with Crippen molar-refractivity contribution in [1.29, 1.82) is 0 Å². The number of aliphatic imine (C=N–C) groups is 1. The second-order valence-corrected chi connectivity index (χ2v) is 5.74. The molecule has 1 amide bonds. The smallest absolute Gasteiger partial charge is 0.241 e. The summed E-state index contributed by atoms with van der Waals surface area (Å²) in [5.41, 5.74) is 0.886. The van der Waals surface area contributed by atoms with Crippen molar-refractivity contribution >= 4 is 35.8 Å². The van der Waals surface area contributed by atoms with Gasteiger partial charge in [-0.15, -0.1) is 24.0 Å². The second kappa shape index (κ2) is 11.2. The molecule has 1 aromatic rings. The highest BCUT2D eigenvalue weighted by Crippen LogP contribution is 2.10. The van der Waals surface area contributed by atoms with E-state index in [1.54, 1.807) is 25.2 Å². The van der Waals surface area contributed by atoms with Gasteiger partial charge in [-0.3, -0.25) is 9.78 Å². The Balaban J connectivity index is 0.00000288. The fraction of sp³-hybridized carbons (Fsp3) is 0.562. The zero-order valence-corrected chi connectivity index (χ0v) is 16.5. The minimum absolute atomic E-state index is 0. The maximum atomic E-state index is 11.7. The Hall–Kier alpha value is -1.42. The van der Waals surface area contributed by atoms with Gasteiger partial charge < -0.3 is 20.3 Å². The molecule has 0 aromatic carbocycles. The van der Waals surface area contributed by atoms with E-state index in [2.05, 4.69) is 20.6 Å². The lowest BCUT2D eigenvalue weighted by Crippen LogP contribution is -2.44. The summed E-state index contributed by atoms with van der Waals surface area (Å²) >= 11 is 0. The summed E-state index contributed by atoms with van der Waals surface area (Å²) in [6.07, 6.45) is 2.80. The zero-order chi connectivity index (χ0) is 16.5. The summed E-state index contributed by atoms with van der Waals surface area (Å²) in [5.74, 6) is 1.11. The van der Waals surface area contributed by atoms with Gasteiger partial charge in [-0.25, -0.2) is 4.99 Å². The molecule has 2 rings (SSSR count). The number of halogens is 1. The fourth-order valence-corrected chi connectivity index (χ4v) is 2.13. The van der Waals surface area contributed by atoms with Crippen LogP contribution in [0.2, 0.25) is 0 Å². The van der Waals surface area contributed by atoms with Crippen LogP contribution >= 0.6 is 24.0 Å². The molecule has 2 N–H and O–H groups in total. The lowest BCUT2D eigenvalue weighted by molar-refractivity contribution is -0.127. The first-order valence-corrected chi connectivity index (χ1v) is 7.85. The third-order valence-electron chi connectivity index (χ3n) is 3.61. The highest BCUT2D eigenvalue weighted by atomic mass is 127. The highest BCUT2D eigenvalue weighted by Gasteiger charge is 2.16. The van der Waals surface area contributed by atoms with Gasteiger partial charge in [0.25, 0.3) is 0 Å². The largest absolute Gasteiger partial charge is 0.381 e. The Morgan fingerprint density at radius 1 is 1.42 bits per heavy atom. The summed E-state index contributed by atoms with van der Waals surface area (Å²) in [7, 11) is 3.47. The number of amides is 1. The van der Waals surface area contributed by atoms with Crippen molar-refractivity contribution in [2.24, 2.45) is 10.9 Å². The maximum Gasteiger partial charge on any atom is 0.241 e. The number of pyridine rings is 1. The van der Waals surface area contributed by atoms with Gasteiger partial charge in [-0.05, 0) is 18.6 Å². The first-order valence-electron chi connectivity index (χ1n) is 7.85. The first-order chi connectivity index (χ1) is 11.1. The van der Waals surface area contributed by atoms with Crippen LogP contribution in [0.15, 0.2) is 29.4 Å². The lowest BCUT2D eigenvalue weighted by atomic mass is 10.1. The number of likely N-dealkylation sites (N-methyl/N-ethyl adjacent to an activating group) is 1. The molecule has 0 bridgehead atoms. The molecule has 1 fully saturated rings. The molecule has 2 heterocycles. The monoisotopic (exact) mass is 447 g/mol. The number of carbonyl (C=O) groups excluding carboxylic acids is 1. The molecule has 0 spiro atoms. The van der Waals surface area contributed by atoms with E-state index in [9.17, 15) is 4.79 Å².